The molecule has 8 nitrogen and oxygen atoms in total. The van der Waals surface area contributed by atoms with Gasteiger partial charge in [-0.3, -0.25) is 0 Å². The summed E-state index contributed by atoms with van der Waals surface area (Å²) in [4.78, 5) is 41.9. The van der Waals surface area contributed by atoms with E-state index in [1.54, 1.807) is 0 Å². The molecule has 68 valence electrons. The van der Waals surface area contributed by atoms with Crippen molar-refractivity contribution >= 4 is 30.8 Å². The van der Waals surface area contributed by atoms with E-state index in [0.717, 1.165) is 0 Å². The molecule has 2 aliphatic heterocycles. The van der Waals surface area contributed by atoms with E-state index in [2.05, 4.69) is 18.6 Å². The summed E-state index contributed by atoms with van der Waals surface area (Å²) in [5.74, 6) is -5.49. The Hall–Kier alpha value is -2.06. The van der Waals surface area contributed by atoms with Crippen LogP contribution in [0, 0.1) is 0 Å². The largest absolute Gasteiger partial charge is 0.786 e. The molecule has 0 amide bonds. The normalized spacial score (nSPS) is 24.0. The van der Waals surface area contributed by atoms with Gasteiger partial charge in [0.15, 0.2) is 0 Å². The third-order valence-electron chi connectivity index (χ3n) is 1.34. The zero-order valence-corrected chi connectivity index (χ0v) is 5.84. The fraction of sp³-hybridized carbons (Fsp3) is 0. The molecular formula is C4BO8-. The first-order valence-electron chi connectivity index (χ1n) is 3.08. The predicted octanol–water partition coefficient (Wildman–Crippen LogP) is -2.38. The van der Waals surface area contributed by atoms with Gasteiger partial charge in [0.1, 0.15) is 0 Å². The van der Waals surface area contributed by atoms with E-state index in [0.29, 0.717) is 0 Å². The van der Waals surface area contributed by atoms with Crippen molar-refractivity contribution in [3.05, 3.63) is 0 Å². The fourth-order valence-corrected chi connectivity index (χ4v) is 0.861. The van der Waals surface area contributed by atoms with E-state index in [4.69, 9.17) is 0 Å². The lowest BCUT2D eigenvalue weighted by molar-refractivity contribution is -0.150. The van der Waals surface area contributed by atoms with Crippen molar-refractivity contribution in [1.29, 1.82) is 0 Å². The van der Waals surface area contributed by atoms with Gasteiger partial charge in [-0.15, -0.1) is 0 Å². The zero-order chi connectivity index (χ0) is 9.64. The van der Waals surface area contributed by atoms with Gasteiger partial charge in [0.25, 0.3) is 0 Å². The maximum absolute atomic E-state index is 10.5. The van der Waals surface area contributed by atoms with Crippen LogP contribution in [0.2, 0.25) is 0 Å². The predicted molar refractivity (Wildman–Crippen MR) is 30.1 cm³/mol. The highest BCUT2D eigenvalue weighted by molar-refractivity contribution is 6.73. The Morgan fingerprint density at radius 1 is 0.615 bits per heavy atom. The number of hydrogen-bond acceptors (Lipinski definition) is 8. The molecule has 13 heavy (non-hydrogen) atoms. The minimum absolute atomic E-state index is 1.37. The van der Waals surface area contributed by atoms with Crippen molar-refractivity contribution in [3.8, 4) is 0 Å². The van der Waals surface area contributed by atoms with Crippen molar-refractivity contribution in [3.63, 3.8) is 0 Å². The number of carbonyl (C=O) groups excluding carboxylic acids is 4. The topological polar surface area (TPSA) is 105 Å². The first-order chi connectivity index (χ1) is 6.02. The second-order valence-electron chi connectivity index (χ2n) is 2.20. The van der Waals surface area contributed by atoms with Gasteiger partial charge in [-0.05, 0) is 0 Å². The molecule has 9 heteroatoms. The Morgan fingerprint density at radius 3 is 1.08 bits per heavy atom. The third-order valence-corrected chi connectivity index (χ3v) is 1.34. The molecule has 2 rings (SSSR count). The molecule has 0 aliphatic carbocycles. The molecule has 0 bridgehead atoms. The van der Waals surface area contributed by atoms with Gasteiger partial charge >= 0.3 is 30.8 Å². The monoisotopic (exact) mass is 187 g/mol. The Morgan fingerprint density at radius 2 is 0.846 bits per heavy atom. The molecule has 0 aromatic heterocycles. The van der Waals surface area contributed by atoms with Crippen LogP contribution in [-0.2, 0) is 37.8 Å². The molecule has 0 N–H and O–H groups in total. The first-order valence-corrected chi connectivity index (χ1v) is 3.08. The second-order valence-corrected chi connectivity index (χ2v) is 2.20. The van der Waals surface area contributed by atoms with E-state index in [9.17, 15) is 19.2 Å². The molecule has 0 aromatic rings. The van der Waals surface area contributed by atoms with E-state index in [1.165, 1.54) is 0 Å². The average Bonchev–Trinajstić information content (AvgIpc) is 2.39. The summed E-state index contributed by atoms with van der Waals surface area (Å²) >= 11 is 0. The van der Waals surface area contributed by atoms with Gasteiger partial charge in [-0.2, -0.15) is 0 Å². The molecule has 0 saturated carbocycles. The molecule has 0 unspecified atom stereocenters. The van der Waals surface area contributed by atoms with Gasteiger partial charge in [0.2, 0.25) is 0 Å². The van der Waals surface area contributed by atoms with Gasteiger partial charge in [0.05, 0.1) is 0 Å². The molecule has 0 aromatic carbocycles. The molecule has 2 saturated heterocycles. The van der Waals surface area contributed by atoms with E-state index in [-0.39, 0.29) is 0 Å². The highest BCUT2D eigenvalue weighted by Crippen LogP contribution is 2.24. The minimum Gasteiger partial charge on any atom is -0.576 e. The maximum Gasteiger partial charge on any atom is 0.786 e. The van der Waals surface area contributed by atoms with Crippen LogP contribution in [0.3, 0.4) is 0 Å². The Balaban J connectivity index is 2.27. The van der Waals surface area contributed by atoms with Crippen LogP contribution in [0.25, 0.3) is 0 Å². The molecule has 2 fully saturated rings. The summed E-state index contributed by atoms with van der Waals surface area (Å²) in [5, 5.41) is 0. The van der Waals surface area contributed by atoms with Crippen molar-refractivity contribution < 1.29 is 37.8 Å². The maximum atomic E-state index is 10.5. The van der Waals surface area contributed by atoms with Crippen LogP contribution in [0.5, 0.6) is 0 Å². The van der Waals surface area contributed by atoms with Crippen molar-refractivity contribution in [2.75, 3.05) is 0 Å². The molecule has 2 aliphatic rings. The molecule has 0 radical (unpaired) electrons. The SMILES string of the molecule is O=C1O[B-]2(OC1=O)OC(=O)C(=O)O2. The highest BCUT2D eigenvalue weighted by atomic mass is 17.0. The minimum atomic E-state index is -3.30. The number of carbonyl (C=O) groups is 4. The summed E-state index contributed by atoms with van der Waals surface area (Å²) in [6.45, 7) is -3.30. The lowest BCUT2D eigenvalue weighted by Gasteiger charge is -2.21. The number of rotatable bonds is 0. The van der Waals surface area contributed by atoms with Gasteiger partial charge in [0, 0.05) is 0 Å². The van der Waals surface area contributed by atoms with Crippen LogP contribution in [-0.4, -0.2) is 30.8 Å². The molecular weight excluding hydrogens is 187 g/mol. The lowest BCUT2D eigenvalue weighted by atomic mass is 10.1. The van der Waals surface area contributed by atoms with Crippen LogP contribution in [0.15, 0.2) is 0 Å². The highest BCUT2D eigenvalue weighted by Gasteiger charge is 2.60. The molecule has 0 atom stereocenters. The Labute approximate surface area is 69.7 Å². The zero-order valence-electron chi connectivity index (χ0n) is 5.84. The average molecular weight is 187 g/mol. The summed E-state index contributed by atoms with van der Waals surface area (Å²) in [5.41, 5.74) is 0. The third kappa shape index (κ3) is 0.933. The standard InChI is InChI=1S/C4BO8/c6-1-2(7)11-5(10-1)12-3(8)4(9)13-5/q-1. The molecule has 2 heterocycles. The Bertz CT molecular complexity index is 275. The first kappa shape index (κ1) is 7.59. The molecule has 1 spiro atoms. The summed E-state index contributed by atoms with van der Waals surface area (Å²) in [6.07, 6.45) is 0. The van der Waals surface area contributed by atoms with Crippen LogP contribution in [0.4, 0.5) is 0 Å². The van der Waals surface area contributed by atoms with Crippen LogP contribution < -0.4 is 0 Å². The number of hydrogen-bond donors (Lipinski definition) is 0. The smallest absolute Gasteiger partial charge is 0.576 e. The van der Waals surface area contributed by atoms with Crippen LogP contribution >= 0.6 is 0 Å². The summed E-state index contributed by atoms with van der Waals surface area (Å²) < 4.78 is 16.5. The van der Waals surface area contributed by atoms with Gasteiger partial charge in [-0.1, -0.05) is 0 Å². The lowest BCUT2D eigenvalue weighted by Crippen LogP contribution is -2.40. The van der Waals surface area contributed by atoms with E-state index >= 15 is 0 Å². The van der Waals surface area contributed by atoms with Crippen molar-refractivity contribution in [2.45, 2.75) is 0 Å². The fourth-order valence-electron chi connectivity index (χ4n) is 0.861. The second kappa shape index (κ2) is 2.00. The van der Waals surface area contributed by atoms with Crippen molar-refractivity contribution in [1.82, 2.24) is 0 Å². The quantitative estimate of drug-likeness (QED) is 0.305. The van der Waals surface area contributed by atoms with Crippen molar-refractivity contribution in [2.24, 2.45) is 0 Å². The van der Waals surface area contributed by atoms with Gasteiger partial charge < -0.3 is 18.6 Å². The van der Waals surface area contributed by atoms with E-state index < -0.39 is 30.8 Å². The summed E-state index contributed by atoms with van der Waals surface area (Å²) in [6, 6.07) is 0. The van der Waals surface area contributed by atoms with E-state index in [1.807, 2.05) is 0 Å². The van der Waals surface area contributed by atoms with Crippen LogP contribution in [0.1, 0.15) is 0 Å². The summed E-state index contributed by atoms with van der Waals surface area (Å²) in [7, 11) is 0. The van der Waals surface area contributed by atoms with Gasteiger partial charge in [-0.25, -0.2) is 19.2 Å². The Kier molecular flexibility index (Phi) is 1.17.